The van der Waals surface area contributed by atoms with Crippen molar-refractivity contribution in [2.45, 2.75) is 19.9 Å². The molecular weight excluding hydrogens is 238 g/mol. The molecule has 1 atom stereocenters. The summed E-state index contributed by atoms with van der Waals surface area (Å²) in [7, 11) is 2.15. The molecule has 102 valence electrons. The number of hydrogen-bond acceptors (Lipinski definition) is 3. The number of H-pyrrole nitrogens is 1. The van der Waals surface area contributed by atoms with E-state index < -0.39 is 0 Å². The van der Waals surface area contributed by atoms with Crippen molar-refractivity contribution in [1.82, 2.24) is 14.9 Å². The molecule has 0 saturated carbocycles. The second-order valence-electron chi connectivity index (χ2n) is 5.63. The maximum Gasteiger partial charge on any atom is 0.121 e. The van der Waals surface area contributed by atoms with Crippen LogP contribution in [0.15, 0.2) is 18.2 Å². The molecule has 3 rings (SSSR count). The summed E-state index contributed by atoms with van der Waals surface area (Å²) in [4.78, 5) is 10.4. The largest absolute Gasteiger partial charge is 0.381 e. The molecule has 1 saturated heterocycles. The number of rotatable bonds is 4. The van der Waals surface area contributed by atoms with E-state index >= 15 is 0 Å². The van der Waals surface area contributed by atoms with Crippen molar-refractivity contribution in [1.29, 1.82) is 0 Å². The SMILES string of the molecule is Cc1ccc2nc(CN(C)C[C@H]3CCOC3)[nH]c2c1. The summed E-state index contributed by atoms with van der Waals surface area (Å²) < 4.78 is 5.42. The summed E-state index contributed by atoms with van der Waals surface area (Å²) in [5.41, 5.74) is 3.45. The van der Waals surface area contributed by atoms with Crippen LogP contribution in [-0.4, -0.2) is 41.7 Å². The van der Waals surface area contributed by atoms with Crippen LogP contribution in [0, 0.1) is 12.8 Å². The molecule has 1 aromatic heterocycles. The van der Waals surface area contributed by atoms with E-state index in [-0.39, 0.29) is 0 Å². The first-order valence-corrected chi connectivity index (χ1v) is 6.92. The summed E-state index contributed by atoms with van der Waals surface area (Å²) in [6.07, 6.45) is 1.18. The zero-order chi connectivity index (χ0) is 13.2. The monoisotopic (exact) mass is 259 g/mol. The van der Waals surface area contributed by atoms with Gasteiger partial charge in [0.2, 0.25) is 0 Å². The third-order valence-electron chi connectivity index (χ3n) is 3.70. The summed E-state index contributed by atoms with van der Waals surface area (Å²) in [5, 5.41) is 0. The molecular formula is C15H21N3O. The van der Waals surface area contributed by atoms with Crippen LogP contribution in [0.3, 0.4) is 0 Å². The van der Waals surface area contributed by atoms with Gasteiger partial charge in [0.1, 0.15) is 5.82 Å². The molecule has 0 spiro atoms. The Hall–Kier alpha value is -1.39. The molecule has 1 aliphatic rings. The van der Waals surface area contributed by atoms with Gasteiger partial charge in [-0.3, -0.25) is 4.90 Å². The first-order chi connectivity index (χ1) is 9.20. The van der Waals surface area contributed by atoms with Crippen molar-refractivity contribution in [2.75, 3.05) is 26.8 Å². The Morgan fingerprint density at radius 2 is 2.37 bits per heavy atom. The fourth-order valence-corrected chi connectivity index (χ4v) is 2.74. The van der Waals surface area contributed by atoms with E-state index in [9.17, 15) is 0 Å². The number of fused-ring (bicyclic) bond motifs is 1. The van der Waals surface area contributed by atoms with Gasteiger partial charge in [-0.05, 0) is 44.0 Å². The highest BCUT2D eigenvalue weighted by atomic mass is 16.5. The molecule has 1 aliphatic heterocycles. The van der Waals surface area contributed by atoms with Crippen LogP contribution >= 0.6 is 0 Å². The topological polar surface area (TPSA) is 41.2 Å². The normalized spacial score (nSPS) is 19.6. The molecule has 0 amide bonds. The smallest absolute Gasteiger partial charge is 0.121 e. The van der Waals surface area contributed by atoms with E-state index in [4.69, 9.17) is 4.74 Å². The Morgan fingerprint density at radius 1 is 1.47 bits per heavy atom. The quantitative estimate of drug-likeness (QED) is 0.916. The second-order valence-corrected chi connectivity index (χ2v) is 5.63. The minimum absolute atomic E-state index is 0.677. The van der Waals surface area contributed by atoms with Crippen molar-refractivity contribution in [3.8, 4) is 0 Å². The van der Waals surface area contributed by atoms with E-state index in [1.165, 1.54) is 12.0 Å². The number of nitrogens with zero attached hydrogens (tertiary/aromatic N) is 2. The van der Waals surface area contributed by atoms with Crippen LogP contribution in [0.5, 0.6) is 0 Å². The maximum absolute atomic E-state index is 5.42. The highest BCUT2D eigenvalue weighted by Crippen LogP contribution is 2.16. The minimum Gasteiger partial charge on any atom is -0.381 e. The number of aryl methyl sites for hydroxylation is 1. The van der Waals surface area contributed by atoms with Gasteiger partial charge in [0.05, 0.1) is 24.2 Å². The molecule has 19 heavy (non-hydrogen) atoms. The molecule has 0 aliphatic carbocycles. The van der Waals surface area contributed by atoms with Crippen molar-refractivity contribution in [2.24, 2.45) is 5.92 Å². The number of benzene rings is 1. The van der Waals surface area contributed by atoms with E-state index in [1.54, 1.807) is 0 Å². The molecule has 4 heteroatoms. The predicted octanol–water partition coefficient (Wildman–Crippen LogP) is 2.34. The number of nitrogens with one attached hydrogen (secondary N) is 1. The van der Waals surface area contributed by atoms with Crippen molar-refractivity contribution in [3.05, 3.63) is 29.6 Å². The zero-order valence-electron chi connectivity index (χ0n) is 11.6. The molecule has 0 bridgehead atoms. The number of aromatic nitrogens is 2. The molecule has 1 fully saturated rings. The van der Waals surface area contributed by atoms with Crippen LogP contribution in [0.2, 0.25) is 0 Å². The molecule has 0 radical (unpaired) electrons. The van der Waals surface area contributed by atoms with Gasteiger partial charge in [0.15, 0.2) is 0 Å². The Bertz CT molecular complexity index is 558. The van der Waals surface area contributed by atoms with Crippen molar-refractivity contribution < 1.29 is 4.74 Å². The van der Waals surface area contributed by atoms with Crippen LogP contribution in [0.25, 0.3) is 11.0 Å². The molecule has 1 aromatic carbocycles. The summed E-state index contributed by atoms with van der Waals surface area (Å²) in [6.45, 7) is 5.87. The van der Waals surface area contributed by atoms with E-state index in [0.29, 0.717) is 5.92 Å². The predicted molar refractivity (Wildman–Crippen MR) is 76.1 cm³/mol. The van der Waals surface area contributed by atoms with Crippen LogP contribution in [0.1, 0.15) is 17.8 Å². The molecule has 0 unspecified atom stereocenters. The lowest BCUT2D eigenvalue weighted by molar-refractivity contribution is 0.172. The van der Waals surface area contributed by atoms with Crippen LogP contribution < -0.4 is 0 Å². The molecule has 4 nitrogen and oxygen atoms in total. The average Bonchev–Trinajstić information content (AvgIpc) is 2.97. The van der Waals surface area contributed by atoms with Gasteiger partial charge in [-0.15, -0.1) is 0 Å². The van der Waals surface area contributed by atoms with Gasteiger partial charge >= 0.3 is 0 Å². The van der Waals surface area contributed by atoms with Gasteiger partial charge < -0.3 is 9.72 Å². The first-order valence-electron chi connectivity index (χ1n) is 6.92. The second kappa shape index (κ2) is 5.31. The van der Waals surface area contributed by atoms with E-state index in [2.05, 4.69) is 47.0 Å². The molecule has 2 aromatic rings. The van der Waals surface area contributed by atoms with Gasteiger partial charge in [0.25, 0.3) is 0 Å². The fraction of sp³-hybridized carbons (Fsp3) is 0.533. The number of aromatic amines is 1. The van der Waals surface area contributed by atoms with Gasteiger partial charge in [-0.25, -0.2) is 4.98 Å². The maximum atomic E-state index is 5.42. The lowest BCUT2D eigenvalue weighted by Gasteiger charge is -2.18. The highest BCUT2D eigenvalue weighted by molar-refractivity contribution is 5.75. The standard InChI is InChI=1S/C15H21N3O/c1-11-3-4-13-14(7-11)17-15(16-13)9-18(2)8-12-5-6-19-10-12/h3-4,7,12H,5-6,8-10H2,1-2H3,(H,16,17)/t12-/m1/s1. The van der Waals surface area contributed by atoms with Crippen molar-refractivity contribution in [3.63, 3.8) is 0 Å². The Labute approximate surface area is 113 Å². The van der Waals surface area contributed by atoms with Gasteiger partial charge in [-0.2, -0.15) is 0 Å². The lowest BCUT2D eigenvalue weighted by atomic mass is 10.1. The zero-order valence-corrected chi connectivity index (χ0v) is 11.6. The summed E-state index contributed by atoms with van der Waals surface area (Å²) in [5.74, 6) is 1.72. The Kier molecular flexibility index (Phi) is 3.53. The Balaban J connectivity index is 1.66. The minimum atomic E-state index is 0.677. The lowest BCUT2D eigenvalue weighted by Crippen LogP contribution is -2.26. The summed E-state index contributed by atoms with van der Waals surface area (Å²) in [6, 6.07) is 6.33. The number of hydrogen-bond donors (Lipinski definition) is 1. The van der Waals surface area contributed by atoms with Gasteiger partial charge in [-0.1, -0.05) is 6.07 Å². The summed E-state index contributed by atoms with van der Waals surface area (Å²) >= 11 is 0. The van der Waals surface area contributed by atoms with Crippen LogP contribution in [-0.2, 0) is 11.3 Å². The number of ether oxygens (including phenoxy) is 1. The van der Waals surface area contributed by atoms with Crippen LogP contribution in [0.4, 0.5) is 0 Å². The third kappa shape index (κ3) is 2.96. The highest BCUT2D eigenvalue weighted by Gasteiger charge is 2.18. The first kappa shape index (κ1) is 12.6. The van der Waals surface area contributed by atoms with E-state index in [0.717, 1.165) is 43.2 Å². The molecule has 2 heterocycles. The Morgan fingerprint density at radius 3 is 3.16 bits per heavy atom. The third-order valence-corrected chi connectivity index (χ3v) is 3.70. The number of imidazole rings is 1. The van der Waals surface area contributed by atoms with Gasteiger partial charge in [0, 0.05) is 13.2 Å². The molecule has 1 N–H and O–H groups in total. The fourth-order valence-electron chi connectivity index (χ4n) is 2.74. The van der Waals surface area contributed by atoms with Crippen molar-refractivity contribution >= 4 is 11.0 Å². The van der Waals surface area contributed by atoms with E-state index in [1.807, 2.05) is 0 Å². The average molecular weight is 259 g/mol.